The minimum atomic E-state index is -5.11. The van der Waals surface area contributed by atoms with Gasteiger partial charge in [-0.15, -0.1) is 0 Å². The van der Waals surface area contributed by atoms with Gasteiger partial charge in [-0.25, -0.2) is 9.78 Å². The maximum Gasteiger partial charge on any atom is 0.471 e. The Bertz CT molecular complexity index is 1230. The van der Waals surface area contributed by atoms with Crippen LogP contribution in [0.1, 0.15) is 23.4 Å². The molecule has 0 unspecified atom stereocenters. The van der Waals surface area contributed by atoms with Crippen LogP contribution in [0.25, 0.3) is 11.5 Å². The van der Waals surface area contributed by atoms with Crippen LogP contribution in [0.4, 0.5) is 13.2 Å². The number of oxazole rings is 1. The van der Waals surface area contributed by atoms with Crippen molar-refractivity contribution in [1.29, 1.82) is 0 Å². The Kier molecular flexibility index (Phi) is 7.32. The molecule has 0 spiro atoms. The number of ether oxygens (including phenoxy) is 1. The highest BCUT2D eigenvalue weighted by Crippen LogP contribution is 2.31. The molecule has 2 aromatic carbocycles. The number of aliphatic carboxylic acids is 1. The molecule has 0 radical (unpaired) electrons. The average molecular weight is 502 g/mol. The Morgan fingerprint density at radius 3 is 2.61 bits per heavy atom. The summed E-state index contributed by atoms with van der Waals surface area (Å²) in [7, 11) is 0. The number of likely N-dealkylation sites (tertiary alicyclic amines) is 1. The monoisotopic (exact) mass is 502 g/mol. The molecule has 2 atom stereocenters. The zero-order valence-electron chi connectivity index (χ0n) is 19.5. The first-order valence-electron chi connectivity index (χ1n) is 11.5. The first-order valence-corrected chi connectivity index (χ1v) is 11.5. The molecule has 7 nitrogen and oxygen atoms in total. The van der Waals surface area contributed by atoms with E-state index in [2.05, 4.69) is 4.98 Å². The summed E-state index contributed by atoms with van der Waals surface area (Å²) in [5.41, 5.74) is 2.45. The molecule has 1 aromatic heterocycles. The molecule has 1 fully saturated rings. The van der Waals surface area contributed by atoms with Gasteiger partial charge < -0.3 is 19.2 Å². The molecule has 36 heavy (non-hydrogen) atoms. The molecule has 1 aliphatic rings. The van der Waals surface area contributed by atoms with Crippen molar-refractivity contribution < 1.29 is 37.0 Å². The summed E-state index contributed by atoms with van der Waals surface area (Å²) in [6.45, 7) is 1.91. The van der Waals surface area contributed by atoms with Crippen LogP contribution in [-0.2, 0) is 22.4 Å². The van der Waals surface area contributed by atoms with E-state index in [0.717, 1.165) is 16.8 Å². The number of aryl methyl sites for hydroxylation is 1. The van der Waals surface area contributed by atoms with Crippen LogP contribution >= 0.6 is 0 Å². The molecule has 3 aromatic rings. The number of alkyl halides is 3. The van der Waals surface area contributed by atoms with Gasteiger partial charge in [0.15, 0.2) is 0 Å². The second-order valence-electron chi connectivity index (χ2n) is 8.75. The summed E-state index contributed by atoms with van der Waals surface area (Å²) in [6, 6.07) is 15.2. The standard InChI is InChI=1S/C26H25F3N2O5/c1-16-21(30-23(36-16)19-7-3-2-4-8-19)10-11-35-20-9-5-6-17(13-20)12-18-14-22(24(32)33)31(15-18)25(34)26(27,28)29/h2-9,13,18,22H,10-12,14-15H2,1H3,(H,32,33)/t18-,22-/m0/s1. The van der Waals surface area contributed by atoms with Crippen LogP contribution in [0.15, 0.2) is 59.0 Å². The zero-order chi connectivity index (χ0) is 25.9. The summed E-state index contributed by atoms with van der Waals surface area (Å²) in [4.78, 5) is 28.1. The Labute approximate surface area is 205 Å². The fourth-order valence-corrected chi connectivity index (χ4v) is 4.42. The van der Waals surface area contributed by atoms with E-state index in [4.69, 9.17) is 9.15 Å². The van der Waals surface area contributed by atoms with Crippen LogP contribution in [0.3, 0.4) is 0 Å². The lowest BCUT2D eigenvalue weighted by Crippen LogP contribution is -2.46. The molecule has 4 rings (SSSR count). The second kappa shape index (κ2) is 10.4. The van der Waals surface area contributed by atoms with Crippen LogP contribution in [0.2, 0.25) is 0 Å². The summed E-state index contributed by atoms with van der Waals surface area (Å²) >= 11 is 0. The Hall–Kier alpha value is -3.82. The lowest BCUT2D eigenvalue weighted by molar-refractivity contribution is -0.188. The van der Waals surface area contributed by atoms with Gasteiger partial charge in [-0.05, 0) is 55.5 Å². The highest BCUT2D eigenvalue weighted by Gasteiger charge is 2.49. The fraction of sp³-hybridized carbons (Fsp3) is 0.346. The number of halogens is 3. The number of carboxylic acids is 1. The van der Waals surface area contributed by atoms with E-state index in [0.29, 0.717) is 41.7 Å². The summed E-state index contributed by atoms with van der Waals surface area (Å²) in [5, 5.41) is 9.31. The Morgan fingerprint density at radius 2 is 1.92 bits per heavy atom. The predicted octanol–water partition coefficient (Wildman–Crippen LogP) is 4.68. The van der Waals surface area contributed by atoms with Crippen molar-refractivity contribution in [3.05, 3.63) is 71.6 Å². The summed E-state index contributed by atoms with van der Waals surface area (Å²) in [6.07, 6.45) is -4.31. The van der Waals surface area contributed by atoms with Gasteiger partial charge in [0.1, 0.15) is 17.6 Å². The quantitative estimate of drug-likeness (QED) is 0.481. The fourth-order valence-electron chi connectivity index (χ4n) is 4.42. The maximum atomic E-state index is 12.9. The van der Waals surface area contributed by atoms with Gasteiger partial charge in [-0.1, -0.05) is 30.3 Å². The minimum Gasteiger partial charge on any atom is -0.493 e. The van der Waals surface area contributed by atoms with Crippen LogP contribution in [0, 0.1) is 12.8 Å². The van der Waals surface area contributed by atoms with E-state index in [1.807, 2.05) is 37.3 Å². The number of hydrogen-bond acceptors (Lipinski definition) is 5. The number of benzene rings is 2. The van der Waals surface area contributed by atoms with Gasteiger partial charge >= 0.3 is 18.1 Å². The van der Waals surface area contributed by atoms with Crippen LogP contribution in [-0.4, -0.2) is 52.2 Å². The number of carbonyl (C=O) groups is 2. The van der Waals surface area contributed by atoms with Crippen molar-refractivity contribution >= 4 is 11.9 Å². The van der Waals surface area contributed by atoms with Gasteiger partial charge in [-0.3, -0.25) is 4.79 Å². The van der Waals surface area contributed by atoms with E-state index in [9.17, 15) is 27.9 Å². The number of amides is 1. The number of carboxylic acid groups (broad SMARTS) is 1. The van der Waals surface area contributed by atoms with Crippen molar-refractivity contribution in [2.24, 2.45) is 5.92 Å². The molecule has 0 saturated carbocycles. The molecule has 0 bridgehead atoms. The van der Waals surface area contributed by atoms with Gasteiger partial charge in [0.25, 0.3) is 0 Å². The third-order valence-electron chi connectivity index (χ3n) is 6.12. The molecule has 1 saturated heterocycles. The number of aromatic nitrogens is 1. The molecular formula is C26H25F3N2O5. The van der Waals surface area contributed by atoms with Crippen molar-refractivity contribution in [3.63, 3.8) is 0 Å². The highest BCUT2D eigenvalue weighted by atomic mass is 19.4. The van der Waals surface area contributed by atoms with Crippen LogP contribution in [0.5, 0.6) is 5.75 Å². The molecule has 1 N–H and O–H groups in total. The summed E-state index contributed by atoms with van der Waals surface area (Å²) < 4.78 is 50.3. The third-order valence-corrected chi connectivity index (χ3v) is 6.12. The SMILES string of the molecule is Cc1oc(-c2ccccc2)nc1CCOc1cccc(C[C@H]2C[C@@H](C(=O)O)N(C(=O)C(F)(F)F)C2)c1. The first-order chi connectivity index (χ1) is 17.1. The van der Waals surface area contributed by atoms with E-state index in [1.165, 1.54) is 0 Å². The Morgan fingerprint density at radius 1 is 1.17 bits per heavy atom. The maximum absolute atomic E-state index is 12.9. The predicted molar refractivity (Wildman–Crippen MR) is 123 cm³/mol. The normalized spacial score (nSPS) is 17.8. The second-order valence-corrected chi connectivity index (χ2v) is 8.75. The molecule has 1 amide bonds. The number of carbonyl (C=O) groups excluding carboxylic acids is 1. The van der Waals surface area contributed by atoms with Gasteiger partial charge in [0.05, 0.1) is 12.3 Å². The van der Waals surface area contributed by atoms with Crippen LogP contribution < -0.4 is 4.74 Å². The number of nitrogens with zero attached hydrogens (tertiary/aromatic N) is 2. The number of rotatable bonds is 8. The lowest BCUT2D eigenvalue weighted by atomic mass is 9.96. The number of hydrogen-bond donors (Lipinski definition) is 1. The molecule has 2 heterocycles. The smallest absolute Gasteiger partial charge is 0.471 e. The van der Waals surface area contributed by atoms with Crippen molar-refractivity contribution in [2.75, 3.05) is 13.2 Å². The van der Waals surface area contributed by atoms with Crippen molar-refractivity contribution in [1.82, 2.24) is 9.88 Å². The molecule has 1 aliphatic heterocycles. The van der Waals surface area contributed by atoms with Gasteiger partial charge in [0, 0.05) is 18.5 Å². The van der Waals surface area contributed by atoms with Crippen molar-refractivity contribution in [2.45, 2.75) is 38.4 Å². The average Bonchev–Trinajstić information content (AvgIpc) is 3.42. The van der Waals surface area contributed by atoms with E-state index >= 15 is 0 Å². The van der Waals surface area contributed by atoms with E-state index < -0.39 is 30.0 Å². The van der Waals surface area contributed by atoms with Crippen molar-refractivity contribution in [3.8, 4) is 17.2 Å². The highest BCUT2D eigenvalue weighted by molar-refractivity contribution is 5.87. The molecular weight excluding hydrogens is 477 g/mol. The zero-order valence-corrected chi connectivity index (χ0v) is 19.5. The Balaban J connectivity index is 1.35. The lowest BCUT2D eigenvalue weighted by Gasteiger charge is -2.22. The first kappa shape index (κ1) is 25.3. The van der Waals surface area contributed by atoms with E-state index in [-0.39, 0.29) is 13.0 Å². The van der Waals surface area contributed by atoms with E-state index in [1.54, 1.807) is 24.3 Å². The molecule has 0 aliphatic carbocycles. The van der Waals surface area contributed by atoms with Gasteiger partial charge in [-0.2, -0.15) is 13.2 Å². The molecule has 190 valence electrons. The largest absolute Gasteiger partial charge is 0.493 e. The summed E-state index contributed by atoms with van der Waals surface area (Å²) in [5.74, 6) is -2.15. The third kappa shape index (κ3) is 5.87. The van der Waals surface area contributed by atoms with Gasteiger partial charge in [0.2, 0.25) is 5.89 Å². The minimum absolute atomic E-state index is 0.0442. The topological polar surface area (TPSA) is 92.9 Å². The molecule has 10 heteroatoms.